The fraction of sp³-hybridized carbons (Fsp3) is 0.600. The molecule has 3 heteroatoms. The average molecular weight is 265 g/mol. The summed E-state index contributed by atoms with van der Waals surface area (Å²) in [4.78, 5) is 2.50. The molecule has 0 aromatic heterocycles. The van der Waals surface area contributed by atoms with Gasteiger partial charge in [-0.15, -0.1) is 0 Å². The van der Waals surface area contributed by atoms with Crippen LogP contribution in [0.3, 0.4) is 0 Å². The van der Waals surface area contributed by atoms with Crippen LogP contribution in [0.2, 0.25) is 5.02 Å². The summed E-state index contributed by atoms with van der Waals surface area (Å²) in [5.74, 6) is 0. The second-order valence-corrected chi connectivity index (χ2v) is 5.84. The van der Waals surface area contributed by atoms with E-state index in [-0.39, 0.29) is 0 Å². The first-order valence-corrected chi connectivity index (χ1v) is 7.48. The molecule has 1 aromatic carbocycles. The van der Waals surface area contributed by atoms with Gasteiger partial charge in [0, 0.05) is 29.8 Å². The Morgan fingerprint density at radius 3 is 2.78 bits per heavy atom. The van der Waals surface area contributed by atoms with Gasteiger partial charge in [-0.05, 0) is 56.3 Å². The second kappa shape index (κ2) is 5.50. The van der Waals surface area contributed by atoms with E-state index in [1.54, 1.807) is 0 Å². The van der Waals surface area contributed by atoms with Crippen molar-refractivity contribution in [3.05, 3.63) is 28.8 Å². The summed E-state index contributed by atoms with van der Waals surface area (Å²) in [7, 11) is 0. The molecule has 0 spiro atoms. The van der Waals surface area contributed by atoms with Crippen molar-refractivity contribution in [2.24, 2.45) is 0 Å². The molecule has 2 nitrogen and oxygen atoms in total. The zero-order chi connectivity index (χ0) is 12.4. The quantitative estimate of drug-likeness (QED) is 0.902. The van der Waals surface area contributed by atoms with E-state index in [0.29, 0.717) is 6.04 Å². The van der Waals surface area contributed by atoms with E-state index < -0.39 is 0 Å². The van der Waals surface area contributed by atoms with E-state index >= 15 is 0 Å². The summed E-state index contributed by atoms with van der Waals surface area (Å²) in [6.45, 7) is 3.53. The van der Waals surface area contributed by atoms with Gasteiger partial charge in [0.2, 0.25) is 0 Å². The molecule has 2 heterocycles. The molecule has 2 fully saturated rings. The minimum Gasteiger partial charge on any atom is -0.371 e. The molecule has 1 aromatic rings. The molecule has 2 aliphatic rings. The lowest BCUT2D eigenvalue weighted by Crippen LogP contribution is -2.26. The summed E-state index contributed by atoms with van der Waals surface area (Å²) >= 11 is 6.43. The molecule has 2 saturated heterocycles. The third kappa shape index (κ3) is 2.50. The Bertz CT molecular complexity index is 407. The SMILES string of the molecule is Clc1cccc(N2CCCC2)c1CC1CCCN1. The number of rotatable bonds is 3. The third-order valence-corrected chi connectivity index (χ3v) is 4.51. The van der Waals surface area contributed by atoms with E-state index in [9.17, 15) is 0 Å². The first-order valence-electron chi connectivity index (χ1n) is 7.10. The molecule has 1 atom stereocenters. The lowest BCUT2D eigenvalue weighted by Gasteiger charge is -2.23. The number of halogens is 1. The number of hydrogen-bond acceptors (Lipinski definition) is 2. The summed E-state index contributed by atoms with van der Waals surface area (Å²) in [6.07, 6.45) is 6.28. The van der Waals surface area contributed by atoms with Crippen LogP contribution in [0, 0.1) is 0 Å². The third-order valence-electron chi connectivity index (χ3n) is 4.15. The summed E-state index contributed by atoms with van der Waals surface area (Å²) in [5, 5.41) is 4.51. The van der Waals surface area contributed by atoms with Crippen molar-refractivity contribution in [1.82, 2.24) is 5.32 Å². The number of anilines is 1. The van der Waals surface area contributed by atoms with Crippen LogP contribution in [0.4, 0.5) is 5.69 Å². The Kier molecular flexibility index (Phi) is 3.76. The van der Waals surface area contributed by atoms with Gasteiger partial charge >= 0.3 is 0 Å². The van der Waals surface area contributed by atoms with Crippen molar-refractivity contribution in [3.63, 3.8) is 0 Å². The van der Waals surface area contributed by atoms with Crippen molar-refractivity contribution in [2.75, 3.05) is 24.5 Å². The molecule has 98 valence electrons. The van der Waals surface area contributed by atoms with Crippen LogP contribution in [0.1, 0.15) is 31.2 Å². The minimum absolute atomic E-state index is 0.617. The van der Waals surface area contributed by atoms with E-state index in [1.165, 1.54) is 50.0 Å². The van der Waals surface area contributed by atoms with Gasteiger partial charge in [0.15, 0.2) is 0 Å². The zero-order valence-electron chi connectivity index (χ0n) is 10.8. The molecule has 18 heavy (non-hydrogen) atoms. The van der Waals surface area contributed by atoms with Gasteiger partial charge in [0.05, 0.1) is 0 Å². The number of benzene rings is 1. The van der Waals surface area contributed by atoms with Gasteiger partial charge in [0.1, 0.15) is 0 Å². The number of nitrogens with one attached hydrogen (secondary N) is 1. The van der Waals surface area contributed by atoms with Gasteiger partial charge in [-0.3, -0.25) is 0 Å². The molecular formula is C15H21ClN2. The Labute approximate surface area is 114 Å². The van der Waals surface area contributed by atoms with Crippen LogP contribution >= 0.6 is 11.6 Å². The molecule has 1 unspecified atom stereocenters. The molecule has 2 aliphatic heterocycles. The first-order chi connectivity index (χ1) is 8.84. The van der Waals surface area contributed by atoms with Crippen LogP contribution in [-0.4, -0.2) is 25.7 Å². The molecule has 0 amide bonds. The van der Waals surface area contributed by atoms with E-state index in [1.807, 2.05) is 6.07 Å². The van der Waals surface area contributed by atoms with Gasteiger partial charge in [-0.25, -0.2) is 0 Å². The standard InChI is InChI=1S/C15H21ClN2/c16-14-6-3-7-15(18-9-1-2-10-18)13(14)11-12-5-4-8-17-12/h3,6-7,12,17H,1-2,4-5,8-11H2. The molecule has 0 saturated carbocycles. The predicted molar refractivity (Wildman–Crippen MR) is 77.6 cm³/mol. The van der Waals surface area contributed by atoms with Crippen LogP contribution in [0.15, 0.2) is 18.2 Å². The highest BCUT2D eigenvalue weighted by Crippen LogP contribution is 2.31. The smallest absolute Gasteiger partial charge is 0.0459 e. The highest BCUT2D eigenvalue weighted by Gasteiger charge is 2.21. The van der Waals surface area contributed by atoms with Crippen LogP contribution < -0.4 is 10.2 Å². The Morgan fingerprint density at radius 2 is 2.06 bits per heavy atom. The number of nitrogens with zero attached hydrogens (tertiary/aromatic N) is 1. The molecular weight excluding hydrogens is 244 g/mol. The summed E-state index contributed by atoms with van der Waals surface area (Å²) in [5.41, 5.74) is 2.72. The minimum atomic E-state index is 0.617. The fourth-order valence-corrected chi connectivity index (χ4v) is 3.43. The van der Waals surface area contributed by atoms with Crippen LogP contribution in [0.5, 0.6) is 0 Å². The topological polar surface area (TPSA) is 15.3 Å². The predicted octanol–water partition coefficient (Wildman–Crippen LogP) is 3.23. The highest BCUT2D eigenvalue weighted by molar-refractivity contribution is 6.31. The largest absolute Gasteiger partial charge is 0.371 e. The first kappa shape index (κ1) is 12.3. The van der Waals surface area contributed by atoms with Crippen molar-refractivity contribution in [2.45, 2.75) is 38.1 Å². The Morgan fingerprint density at radius 1 is 1.22 bits per heavy atom. The van der Waals surface area contributed by atoms with Crippen molar-refractivity contribution in [1.29, 1.82) is 0 Å². The van der Waals surface area contributed by atoms with Crippen LogP contribution in [0.25, 0.3) is 0 Å². The Hall–Kier alpha value is -0.730. The molecule has 3 rings (SSSR count). The second-order valence-electron chi connectivity index (χ2n) is 5.43. The monoisotopic (exact) mass is 264 g/mol. The van der Waals surface area contributed by atoms with Gasteiger partial charge in [-0.2, -0.15) is 0 Å². The number of hydrogen-bond donors (Lipinski definition) is 1. The maximum Gasteiger partial charge on any atom is 0.0459 e. The van der Waals surface area contributed by atoms with Crippen molar-refractivity contribution < 1.29 is 0 Å². The molecule has 1 N–H and O–H groups in total. The lowest BCUT2D eigenvalue weighted by atomic mass is 10.0. The summed E-state index contributed by atoms with van der Waals surface area (Å²) < 4.78 is 0. The van der Waals surface area contributed by atoms with E-state index in [4.69, 9.17) is 11.6 Å². The van der Waals surface area contributed by atoms with Crippen molar-refractivity contribution >= 4 is 17.3 Å². The highest BCUT2D eigenvalue weighted by atomic mass is 35.5. The molecule has 0 aliphatic carbocycles. The van der Waals surface area contributed by atoms with Crippen molar-refractivity contribution in [3.8, 4) is 0 Å². The van der Waals surface area contributed by atoms with Gasteiger partial charge in [-0.1, -0.05) is 17.7 Å². The molecule has 0 bridgehead atoms. The molecule has 0 radical (unpaired) electrons. The van der Waals surface area contributed by atoms with Gasteiger partial charge in [0.25, 0.3) is 0 Å². The maximum atomic E-state index is 6.43. The summed E-state index contributed by atoms with van der Waals surface area (Å²) in [6, 6.07) is 6.97. The normalized spacial score (nSPS) is 23.8. The van der Waals surface area contributed by atoms with E-state index in [0.717, 1.165) is 18.0 Å². The maximum absolute atomic E-state index is 6.43. The van der Waals surface area contributed by atoms with Gasteiger partial charge < -0.3 is 10.2 Å². The van der Waals surface area contributed by atoms with Crippen LogP contribution in [-0.2, 0) is 6.42 Å². The fourth-order valence-electron chi connectivity index (χ4n) is 3.18. The zero-order valence-corrected chi connectivity index (χ0v) is 11.5. The average Bonchev–Trinajstić information content (AvgIpc) is 3.04. The Balaban J connectivity index is 1.85. The van der Waals surface area contributed by atoms with E-state index in [2.05, 4.69) is 22.3 Å². The lowest BCUT2D eigenvalue weighted by molar-refractivity contribution is 0.602.